The van der Waals surface area contributed by atoms with Crippen molar-refractivity contribution in [1.29, 1.82) is 0 Å². The van der Waals surface area contributed by atoms with Crippen molar-refractivity contribution in [3.63, 3.8) is 0 Å². The van der Waals surface area contributed by atoms with Gasteiger partial charge < -0.3 is 15.5 Å². The highest BCUT2D eigenvalue weighted by Crippen LogP contribution is 2.34. The molecule has 0 unspecified atom stereocenters. The summed E-state index contributed by atoms with van der Waals surface area (Å²) < 4.78 is 17.3. The Hall–Kier alpha value is -4.58. The fourth-order valence-electron chi connectivity index (χ4n) is 5.69. The maximum atomic E-state index is 15.9. The van der Waals surface area contributed by atoms with E-state index in [4.69, 9.17) is 11.6 Å². The van der Waals surface area contributed by atoms with Gasteiger partial charge in [-0.05, 0) is 50.0 Å². The molecule has 1 saturated heterocycles. The molecule has 4 N–H and O–H groups in total. The van der Waals surface area contributed by atoms with Gasteiger partial charge in [-0.3, -0.25) is 14.8 Å². The second kappa shape index (κ2) is 11.4. The van der Waals surface area contributed by atoms with Crippen LogP contribution in [0.25, 0.3) is 16.7 Å². The van der Waals surface area contributed by atoms with Crippen molar-refractivity contribution in [2.24, 2.45) is 11.6 Å². The number of carbonyl (C=O) groups is 1. The molecule has 0 radical (unpaired) electrons. The highest BCUT2D eigenvalue weighted by atomic mass is 19.1. The van der Waals surface area contributed by atoms with Crippen LogP contribution in [0.4, 0.5) is 16.0 Å². The molecule has 5 rings (SSSR count). The molecule has 1 amide bonds. The standard InChI is InChI=1S/C30H36FN9O2/c1-6-24(41)37-15-19(5)38(16-18(37)4)27-22-13-23(31)29-35-28(22)39(30(42)36-27)26-20(11-12-34-25(26)17(2)3)9-7-8-10-21(14-32)40(29)33/h6-8,11-14,17-19H,1,9-10,15-16,32-33H2,2-5H3/b8-7-,21-14-/t18-,19+/m1/s1. The molecule has 3 aromatic rings. The summed E-state index contributed by atoms with van der Waals surface area (Å²) in [6, 6.07) is 2.74. The first-order chi connectivity index (χ1) is 20.1. The molecule has 0 aliphatic carbocycles. The van der Waals surface area contributed by atoms with E-state index >= 15 is 4.39 Å². The smallest absolute Gasteiger partial charge is 0.355 e. The monoisotopic (exact) mass is 573 g/mol. The van der Waals surface area contributed by atoms with Crippen LogP contribution in [0, 0.1) is 5.82 Å². The predicted molar refractivity (Wildman–Crippen MR) is 162 cm³/mol. The summed E-state index contributed by atoms with van der Waals surface area (Å²) in [5, 5.41) is 1.44. The number of carbonyl (C=O) groups excluding carboxylic acids is 1. The van der Waals surface area contributed by atoms with E-state index in [1.165, 1.54) is 22.9 Å². The largest absolute Gasteiger partial charge is 0.403 e. The van der Waals surface area contributed by atoms with Crippen LogP contribution in [0.1, 0.15) is 51.3 Å². The number of halogens is 1. The van der Waals surface area contributed by atoms with Gasteiger partial charge in [0.25, 0.3) is 0 Å². The number of hydrazine groups is 1. The molecule has 5 heterocycles. The average Bonchev–Trinajstić information content (AvgIpc) is 2.96. The number of amides is 1. The lowest BCUT2D eigenvalue weighted by atomic mass is 10.0. The maximum Gasteiger partial charge on any atom is 0.355 e. The lowest BCUT2D eigenvalue weighted by molar-refractivity contribution is -0.128. The number of rotatable bonds is 3. The minimum atomic E-state index is -0.699. The number of nitrogens with zero attached hydrogens (tertiary/aromatic N) is 7. The molecule has 2 atom stereocenters. The highest BCUT2D eigenvalue weighted by Gasteiger charge is 2.34. The van der Waals surface area contributed by atoms with Gasteiger partial charge in [0.2, 0.25) is 5.91 Å². The van der Waals surface area contributed by atoms with E-state index in [-0.39, 0.29) is 41.2 Å². The molecule has 0 saturated carbocycles. The van der Waals surface area contributed by atoms with Gasteiger partial charge >= 0.3 is 5.69 Å². The van der Waals surface area contributed by atoms with Gasteiger partial charge in [0, 0.05) is 44.0 Å². The molecule has 2 aliphatic rings. The first-order valence-electron chi connectivity index (χ1n) is 14.0. The molecule has 2 bridgehead atoms. The lowest BCUT2D eigenvalue weighted by Gasteiger charge is -2.44. The fourth-order valence-corrected chi connectivity index (χ4v) is 5.69. The molecule has 42 heavy (non-hydrogen) atoms. The summed E-state index contributed by atoms with van der Waals surface area (Å²) in [5.74, 6) is 5.56. The fraction of sp³-hybridized carbons (Fsp3) is 0.367. The van der Waals surface area contributed by atoms with E-state index in [0.717, 1.165) is 10.6 Å². The van der Waals surface area contributed by atoms with Crippen LogP contribution in [-0.4, -0.2) is 55.5 Å². The Morgan fingerprint density at radius 1 is 1.14 bits per heavy atom. The Kier molecular flexibility index (Phi) is 7.83. The topological polar surface area (TPSA) is 140 Å². The number of allylic oxidation sites excluding steroid dienone is 2. The lowest BCUT2D eigenvalue weighted by Crippen LogP contribution is -2.58. The Labute approximate surface area is 243 Å². The maximum absolute atomic E-state index is 15.9. The van der Waals surface area contributed by atoms with Gasteiger partial charge in [-0.1, -0.05) is 32.6 Å². The van der Waals surface area contributed by atoms with Gasteiger partial charge in [0.1, 0.15) is 5.82 Å². The molecular weight excluding hydrogens is 537 g/mol. The van der Waals surface area contributed by atoms with Crippen molar-refractivity contribution in [1.82, 2.24) is 24.4 Å². The van der Waals surface area contributed by atoms with E-state index in [9.17, 15) is 9.59 Å². The zero-order valence-corrected chi connectivity index (χ0v) is 24.3. The number of pyridine rings is 2. The van der Waals surface area contributed by atoms with E-state index in [1.54, 1.807) is 11.1 Å². The van der Waals surface area contributed by atoms with Crippen LogP contribution in [-0.2, 0) is 11.2 Å². The second-order valence-corrected chi connectivity index (χ2v) is 11.0. The van der Waals surface area contributed by atoms with Crippen molar-refractivity contribution in [2.75, 3.05) is 23.0 Å². The Bertz CT molecular complexity index is 1680. The summed E-state index contributed by atoms with van der Waals surface area (Å²) in [4.78, 5) is 44.1. The Morgan fingerprint density at radius 3 is 2.57 bits per heavy atom. The van der Waals surface area contributed by atoms with Crippen LogP contribution in [0.15, 0.2) is 59.8 Å². The first kappa shape index (κ1) is 28.9. The van der Waals surface area contributed by atoms with Crippen LogP contribution < -0.4 is 27.2 Å². The van der Waals surface area contributed by atoms with Crippen LogP contribution >= 0.6 is 0 Å². The molecule has 12 heteroatoms. The summed E-state index contributed by atoms with van der Waals surface area (Å²) in [6.45, 7) is 12.2. The van der Waals surface area contributed by atoms with Crippen LogP contribution in [0.2, 0.25) is 0 Å². The van der Waals surface area contributed by atoms with E-state index in [2.05, 4.69) is 21.5 Å². The number of aromatic nitrogens is 4. The number of piperazine rings is 1. The van der Waals surface area contributed by atoms with Gasteiger partial charge in [0.15, 0.2) is 17.3 Å². The minimum absolute atomic E-state index is 0.0347. The number of fused-ring (bicyclic) bond motifs is 3. The van der Waals surface area contributed by atoms with Crippen molar-refractivity contribution < 1.29 is 9.18 Å². The number of hydrogen-bond acceptors (Lipinski definition) is 9. The SMILES string of the molecule is C=CC(=O)N1C[C@H](C)N(c2nc(=O)n3c4nc(c(F)cc24)N(N)/C(=C\N)C/C=C\Cc2ccnc(C(C)C)c2-3)C[C@H]1C. The molecule has 0 spiro atoms. The zero-order valence-electron chi connectivity index (χ0n) is 24.3. The third-order valence-corrected chi connectivity index (χ3v) is 7.87. The number of anilines is 2. The molecular formula is C30H36FN9O2. The average molecular weight is 574 g/mol. The molecule has 1 fully saturated rings. The quantitative estimate of drug-likeness (QED) is 0.275. The van der Waals surface area contributed by atoms with Crippen LogP contribution in [0.5, 0.6) is 0 Å². The minimum Gasteiger partial charge on any atom is -0.403 e. The Morgan fingerprint density at radius 2 is 1.88 bits per heavy atom. The summed E-state index contributed by atoms with van der Waals surface area (Å²) in [7, 11) is 0. The summed E-state index contributed by atoms with van der Waals surface area (Å²) in [5.41, 5.74) is 8.01. The number of nitrogens with two attached hydrogens (primary N) is 2. The first-order valence-corrected chi connectivity index (χ1v) is 14.0. The summed E-state index contributed by atoms with van der Waals surface area (Å²) in [6.07, 6.45) is 9.02. The van der Waals surface area contributed by atoms with Gasteiger partial charge in [-0.2, -0.15) is 4.98 Å². The zero-order chi connectivity index (χ0) is 30.3. The van der Waals surface area contributed by atoms with Gasteiger partial charge in [0.05, 0.1) is 22.5 Å². The molecule has 0 aromatic carbocycles. The molecule has 2 aliphatic heterocycles. The predicted octanol–water partition coefficient (Wildman–Crippen LogP) is 3.03. The van der Waals surface area contributed by atoms with Crippen molar-refractivity contribution in [3.05, 3.63) is 82.6 Å². The van der Waals surface area contributed by atoms with Crippen molar-refractivity contribution >= 4 is 28.6 Å². The molecule has 3 aromatic heterocycles. The molecule has 220 valence electrons. The van der Waals surface area contributed by atoms with Gasteiger partial charge in [-0.25, -0.2) is 24.6 Å². The van der Waals surface area contributed by atoms with Crippen molar-refractivity contribution in [2.45, 2.75) is 58.5 Å². The van der Waals surface area contributed by atoms with E-state index in [1.807, 2.05) is 50.8 Å². The third-order valence-electron chi connectivity index (χ3n) is 7.87. The van der Waals surface area contributed by atoms with Gasteiger partial charge in [-0.15, -0.1) is 0 Å². The Balaban J connectivity index is 1.84. The van der Waals surface area contributed by atoms with E-state index in [0.29, 0.717) is 48.4 Å². The normalized spacial score (nSPS) is 20.9. The summed E-state index contributed by atoms with van der Waals surface area (Å²) >= 11 is 0. The van der Waals surface area contributed by atoms with Crippen LogP contribution in [0.3, 0.4) is 0 Å². The number of hydrogen-bond donors (Lipinski definition) is 2. The third kappa shape index (κ3) is 4.91. The second-order valence-electron chi connectivity index (χ2n) is 11.0. The molecule has 11 nitrogen and oxygen atoms in total. The highest BCUT2D eigenvalue weighted by molar-refractivity contribution is 5.91. The van der Waals surface area contributed by atoms with Crippen molar-refractivity contribution in [3.8, 4) is 5.69 Å². The van der Waals surface area contributed by atoms with E-state index < -0.39 is 11.5 Å².